The molecule has 1 aliphatic heterocycles. The van der Waals surface area contributed by atoms with Crippen molar-refractivity contribution in [3.05, 3.63) is 66.0 Å². The highest BCUT2D eigenvalue weighted by Gasteiger charge is 2.34. The van der Waals surface area contributed by atoms with Crippen molar-refractivity contribution in [1.82, 2.24) is 14.7 Å². The molecule has 1 saturated heterocycles. The van der Waals surface area contributed by atoms with E-state index in [9.17, 15) is 26.4 Å². The van der Waals surface area contributed by atoms with E-state index in [1.54, 1.807) is 34.8 Å². The fourth-order valence-corrected chi connectivity index (χ4v) is 5.81. The predicted octanol–water partition coefficient (Wildman–Crippen LogP) is 4.37. The molecule has 0 radical (unpaired) electrons. The van der Waals surface area contributed by atoms with Crippen LogP contribution in [0.2, 0.25) is 0 Å². The number of hydrogen-bond donors (Lipinski definition) is 0. The van der Waals surface area contributed by atoms with Crippen molar-refractivity contribution in [2.24, 2.45) is 7.05 Å². The molecule has 0 aliphatic carbocycles. The number of carbonyl (C=O) groups excluding carboxylic acids is 1. The molecular weight excluding hydrogens is 483 g/mol. The summed E-state index contributed by atoms with van der Waals surface area (Å²) in [7, 11) is -1.85. The smallest absolute Gasteiger partial charge is 0.406 e. The molecule has 1 aliphatic rings. The van der Waals surface area contributed by atoms with E-state index in [2.05, 4.69) is 9.84 Å². The molecule has 1 aromatic heterocycles. The first kappa shape index (κ1) is 24.8. The minimum atomic E-state index is -4.77. The van der Waals surface area contributed by atoms with Gasteiger partial charge in [-0.3, -0.25) is 9.48 Å². The maximum absolute atomic E-state index is 13.2. The van der Waals surface area contributed by atoms with E-state index in [0.717, 1.165) is 5.69 Å². The molecule has 0 unspecified atom stereocenters. The van der Waals surface area contributed by atoms with Gasteiger partial charge in [-0.05, 0) is 61.2 Å². The van der Waals surface area contributed by atoms with Crippen LogP contribution in [0.5, 0.6) is 5.75 Å². The van der Waals surface area contributed by atoms with E-state index in [0.29, 0.717) is 42.8 Å². The molecule has 0 atom stereocenters. The van der Waals surface area contributed by atoms with Crippen LogP contribution in [0.3, 0.4) is 0 Å². The summed E-state index contributed by atoms with van der Waals surface area (Å²) in [6.45, 7) is 2.50. The van der Waals surface area contributed by atoms with Gasteiger partial charge in [0.1, 0.15) is 5.75 Å². The number of rotatable bonds is 5. The Labute approximate surface area is 201 Å². The molecule has 186 valence electrons. The first-order valence-electron chi connectivity index (χ1n) is 10.9. The number of alkyl halides is 3. The van der Waals surface area contributed by atoms with Crippen LogP contribution in [0.4, 0.5) is 13.2 Å². The monoisotopic (exact) mass is 507 g/mol. The van der Waals surface area contributed by atoms with E-state index < -0.39 is 21.4 Å². The van der Waals surface area contributed by atoms with Crippen molar-refractivity contribution < 1.29 is 31.1 Å². The van der Waals surface area contributed by atoms with Gasteiger partial charge in [-0.1, -0.05) is 24.3 Å². The number of sulfone groups is 1. The largest absolute Gasteiger partial charge is 0.573 e. The van der Waals surface area contributed by atoms with Crippen LogP contribution in [0.1, 0.15) is 29.0 Å². The van der Waals surface area contributed by atoms with Gasteiger partial charge < -0.3 is 9.64 Å². The van der Waals surface area contributed by atoms with Crippen molar-refractivity contribution in [3.63, 3.8) is 0 Å². The van der Waals surface area contributed by atoms with E-state index in [4.69, 9.17) is 0 Å². The Bertz CT molecular complexity index is 1290. The maximum Gasteiger partial charge on any atom is 0.573 e. The van der Waals surface area contributed by atoms with Crippen molar-refractivity contribution >= 4 is 15.7 Å². The number of piperidine rings is 1. The fraction of sp³-hybridized carbons (Fsp3) is 0.333. The summed E-state index contributed by atoms with van der Waals surface area (Å²) in [5, 5.41) is 3.59. The molecule has 0 bridgehead atoms. The third kappa shape index (κ3) is 5.50. The lowest BCUT2D eigenvalue weighted by Crippen LogP contribution is -2.42. The summed E-state index contributed by atoms with van der Waals surface area (Å²) >= 11 is 0. The van der Waals surface area contributed by atoms with E-state index in [1.165, 1.54) is 36.4 Å². The first-order valence-corrected chi connectivity index (χ1v) is 12.5. The number of benzene rings is 2. The summed E-state index contributed by atoms with van der Waals surface area (Å²) in [6.07, 6.45) is -4.12. The SMILES string of the molecule is Cc1cc(C(=O)N2CCC(S(=O)(=O)c3ccc(-c4ccc(OC(F)(F)F)cc4)cc3)CC2)nn1C. The number of nitrogens with zero attached hydrogens (tertiary/aromatic N) is 3. The Hall–Kier alpha value is -3.34. The Morgan fingerprint density at radius 1 is 1.00 bits per heavy atom. The zero-order valence-electron chi connectivity index (χ0n) is 19.1. The van der Waals surface area contributed by atoms with Gasteiger partial charge in [0.15, 0.2) is 15.5 Å². The van der Waals surface area contributed by atoms with Crippen molar-refractivity contribution in [1.29, 1.82) is 0 Å². The summed E-state index contributed by atoms with van der Waals surface area (Å²) in [5.74, 6) is -0.538. The molecule has 0 saturated carbocycles. The fourth-order valence-electron chi connectivity index (χ4n) is 4.07. The third-order valence-electron chi connectivity index (χ3n) is 6.11. The Morgan fingerprint density at radius 3 is 2.03 bits per heavy atom. The van der Waals surface area contributed by atoms with Gasteiger partial charge in [0.25, 0.3) is 5.91 Å². The lowest BCUT2D eigenvalue weighted by Gasteiger charge is -2.31. The molecule has 4 rings (SSSR count). The Balaban J connectivity index is 1.41. The zero-order valence-corrected chi connectivity index (χ0v) is 19.9. The zero-order chi connectivity index (χ0) is 25.4. The molecule has 2 aromatic carbocycles. The quantitative estimate of drug-likeness (QED) is 0.512. The van der Waals surface area contributed by atoms with E-state index >= 15 is 0 Å². The van der Waals surface area contributed by atoms with Crippen LogP contribution < -0.4 is 4.74 Å². The van der Waals surface area contributed by atoms with Gasteiger partial charge in [0, 0.05) is 25.8 Å². The molecule has 7 nitrogen and oxygen atoms in total. The van der Waals surface area contributed by atoms with Crippen LogP contribution in [0, 0.1) is 6.92 Å². The molecule has 11 heteroatoms. The Kier molecular flexibility index (Phi) is 6.63. The van der Waals surface area contributed by atoms with Gasteiger partial charge in [-0.2, -0.15) is 5.10 Å². The lowest BCUT2D eigenvalue weighted by atomic mass is 10.1. The normalized spacial score (nSPS) is 15.3. The standard InChI is InChI=1S/C24H24F3N3O4S/c1-16-15-22(28-29(16)2)23(31)30-13-11-21(12-14-30)35(32,33)20-9-5-18(6-10-20)17-3-7-19(8-4-17)34-24(25,26)27/h3-10,15,21H,11-14H2,1-2H3. The van der Waals surface area contributed by atoms with E-state index in [1.807, 2.05) is 6.92 Å². The second-order valence-electron chi connectivity index (χ2n) is 8.43. The highest BCUT2D eigenvalue weighted by molar-refractivity contribution is 7.92. The lowest BCUT2D eigenvalue weighted by molar-refractivity contribution is -0.274. The van der Waals surface area contributed by atoms with Crippen LogP contribution in [0.25, 0.3) is 11.1 Å². The number of amides is 1. The highest BCUT2D eigenvalue weighted by Crippen LogP contribution is 2.29. The summed E-state index contributed by atoms with van der Waals surface area (Å²) in [5.41, 5.74) is 2.49. The number of hydrogen-bond acceptors (Lipinski definition) is 5. The average molecular weight is 508 g/mol. The van der Waals surface area contributed by atoms with Crippen LogP contribution >= 0.6 is 0 Å². The van der Waals surface area contributed by atoms with Crippen LogP contribution in [0.15, 0.2) is 59.5 Å². The summed E-state index contributed by atoms with van der Waals surface area (Å²) < 4.78 is 68.8. The summed E-state index contributed by atoms with van der Waals surface area (Å²) in [6, 6.07) is 13.3. The molecule has 1 fully saturated rings. The molecule has 1 amide bonds. The number of carbonyl (C=O) groups is 1. The number of ether oxygens (including phenoxy) is 1. The van der Waals surface area contributed by atoms with Gasteiger partial charge in [0.05, 0.1) is 10.1 Å². The third-order valence-corrected chi connectivity index (χ3v) is 8.38. The molecule has 0 spiro atoms. The topological polar surface area (TPSA) is 81.5 Å². The minimum Gasteiger partial charge on any atom is -0.406 e. The van der Waals surface area contributed by atoms with E-state index in [-0.39, 0.29) is 16.6 Å². The molecule has 2 heterocycles. The predicted molar refractivity (Wildman–Crippen MR) is 123 cm³/mol. The second kappa shape index (κ2) is 9.37. The molecule has 0 N–H and O–H groups in total. The number of halogens is 3. The van der Waals surface area contributed by atoms with Gasteiger partial charge in [0.2, 0.25) is 0 Å². The summed E-state index contributed by atoms with van der Waals surface area (Å²) in [4.78, 5) is 14.5. The average Bonchev–Trinajstić information content (AvgIpc) is 3.16. The number of aromatic nitrogens is 2. The molecule has 35 heavy (non-hydrogen) atoms. The first-order chi connectivity index (χ1) is 16.4. The molecular formula is C24H24F3N3O4S. The van der Waals surface area contributed by atoms with Crippen LogP contribution in [-0.4, -0.2) is 53.7 Å². The van der Waals surface area contributed by atoms with Gasteiger partial charge in [-0.25, -0.2) is 8.42 Å². The van der Waals surface area contributed by atoms with Crippen LogP contribution in [-0.2, 0) is 16.9 Å². The number of aryl methyl sites for hydroxylation is 2. The van der Waals surface area contributed by atoms with Gasteiger partial charge >= 0.3 is 6.36 Å². The Morgan fingerprint density at radius 2 is 1.54 bits per heavy atom. The minimum absolute atomic E-state index is 0.170. The number of likely N-dealkylation sites (tertiary alicyclic amines) is 1. The van der Waals surface area contributed by atoms with Gasteiger partial charge in [-0.15, -0.1) is 13.2 Å². The second-order valence-corrected chi connectivity index (χ2v) is 10.7. The van der Waals surface area contributed by atoms with Crippen molar-refractivity contribution in [2.75, 3.05) is 13.1 Å². The van der Waals surface area contributed by atoms with Crippen molar-refractivity contribution in [3.8, 4) is 16.9 Å². The molecule has 3 aromatic rings. The maximum atomic E-state index is 13.2. The highest BCUT2D eigenvalue weighted by atomic mass is 32.2. The van der Waals surface area contributed by atoms with Crippen molar-refractivity contribution in [2.45, 2.75) is 36.3 Å².